The van der Waals surface area contributed by atoms with Gasteiger partial charge in [-0.2, -0.15) is 5.10 Å². The molecule has 0 aliphatic rings. The first-order valence-corrected chi connectivity index (χ1v) is 17.5. The molecule has 0 unspecified atom stereocenters. The average molecular weight is 647 g/mol. The van der Waals surface area contributed by atoms with Crippen LogP contribution in [-0.2, 0) is 18.3 Å². The number of hydrogen-bond acceptors (Lipinski definition) is 3. The lowest BCUT2D eigenvalue weighted by Crippen LogP contribution is -2.12. The number of rotatable bonds is 9. The average Bonchev–Trinajstić information content (AvgIpc) is 3.67. The predicted octanol–water partition coefficient (Wildman–Crippen LogP) is 11.5. The van der Waals surface area contributed by atoms with Gasteiger partial charge in [0.15, 0.2) is 0 Å². The van der Waals surface area contributed by atoms with Crippen molar-refractivity contribution in [3.63, 3.8) is 0 Å². The molecule has 0 radical (unpaired) electrons. The molecule has 0 aliphatic carbocycles. The van der Waals surface area contributed by atoms with E-state index in [9.17, 15) is 0 Å². The van der Waals surface area contributed by atoms with E-state index in [2.05, 4.69) is 144 Å². The molecule has 0 aliphatic heterocycles. The molecule has 0 saturated carbocycles. The molecule has 4 aromatic carbocycles. The van der Waals surface area contributed by atoms with Gasteiger partial charge in [0, 0.05) is 40.9 Å². The van der Waals surface area contributed by atoms with Gasteiger partial charge in [-0.15, -0.1) is 0 Å². The smallest absolute Gasteiger partial charge is 0.137 e. The van der Waals surface area contributed by atoms with Crippen molar-refractivity contribution in [2.24, 2.45) is 11.8 Å². The maximum atomic E-state index is 6.56. The Morgan fingerprint density at radius 3 is 2.12 bits per heavy atom. The van der Waals surface area contributed by atoms with Crippen LogP contribution in [0.1, 0.15) is 65.2 Å². The van der Waals surface area contributed by atoms with Gasteiger partial charge in [0.1, 0.15) is 17.3 Å². The van der Waals surface area contributed by atoms with Crippen LogP contribution in [0.25, 0.3) is 44.4 Å². The van der Waals surface area contributed by atoms with Gasteiger partial charge >= 0.3 is 0 Å². The summed E-state index contributed by atoms with van der Waals surface area (Å²) in [5.41, 5.74) is 9.64. The van der Waals surface area contributed by atoms with Gasteiger partial charge in [0.05, 0.1) is 22.9 Å². The largest absolute Gasteiger partial charge is 0.457 e. The first kappa shape index (κ1) is 32.4. The Hall–Kier alpha value is -5.16. The summed E-state index contributed by atoms with van der Waals surface area (Å²) >= 11 is 0. The highest BCUT2D eigenvalue weighted by Gasteiger charge is 2.19. The normalized spacial score (nSPS) is 12.1. The molecule has 5 heteroatoms. The lowest BCUT2D eigenvalue weighted by Gasteiger charge is -2.20. The first-order chi connectivity index (χ1) is 23.5. The zero-order valence-electron chi connectivity index (χ0n) is 29.7. The quantitative estimate of drug-likeness (QED) is 0.157. The van der Waals surface area contributed by atoms with E-state index in [1.54, 1.807) is 0 Å². The molecular weight excluding hydrogens is 601 g/mol. The minimum atomic E-state index is 0.0128. The molecule has 0 amide bonds. The molecule has 7 aromatic rings. The van der Waals surface area contributed by atoms with Crippen molar-refractivity contribution in [1.29, 1.82) is 0 Å². The summed E-state index contributed by atoms with van der Waals surface area (Å²) in [7, 11) is 0. The summed E-state index contributed by atoms with van der Waals surface area (Å²) in [5.74, 6) is 3.57. The Morgan fingerprint density at radius 1 is 0.694 bits per heavy atom. The van der Waals surface area contributed by atoms with Crippen molar-refractivity contribution >= 4 is 21.8 Å². The number of nitrogens with zero attached hydrogens (tertiary/aromatic N) is 4. The van der Waals surface area contributed by atoms with Gasteiger partial charge < -0.3 is 4.74 Å². The topological polar surface area (TPSA) is 44.9 Å². The molecule has 3 aromatic heterocycles. The highest BCUT2D eigenvalue weighted by atomic mass is 16.5. The van der Waals surface area contributed by atoms with Gasteiger partial charge in [0.2, 0.25) is 0 Å². The van der Waals surface area contributed by atoms with Gasteiger partial charge in [-0.05, 0) is 94.8 Å². The van der Waals surface area contributed by atoms with Crippen molar-refractivity contribution in [3.8, 4) is 34.1 Å². The van der Waals surface area contributed by atoms with Crippen LogP contribution >= 0.6 is 0 Å². The molecule has 0 spiro atoms. The second-order valence-corrected chi connectivity index (χ2v) is 15.1. The number of ether oxygens (including phenoxy) is 1. The third kappa shape index (κ3) is 6.63. The number of aromatic nitrogens is 4. The molecule has 3 heterocycles. The van der Waals surface area contributed by atoms with Gasteiger partial charge in [-0.25, -0.2) is 9.67 Å². The van der Waals surface area contributed by atoms with Gasteiger partial charge in [0.25, 0.3) is 0 Å². The van der Waals surface area contributed by atoms with Crippen LogP contribution in [0.5, 0.6) is 11.5 Å². The maximum absolute atomic E-state index is 6.56. The zero-order valence-corrected chi connectivity index (χ0v) is 29.7. The summed E-state index contributed by atoms with van der Waals surface area (Å²) in [6.07, 6.45) is 8.16. The molecule has 49 heavy (non-hydrogen) atoms. The first-order valence-electron chi connectivity index (χ1n) is 17.5. The van der Waals surface area contributed by atoms with E-state index < -0.39 is 0 Å². The Morgan fingerprint density at radius 2 is 1.39 bits per heavy atom. The molecule has 0 atom stereocenters. The van der Waals surface area contributed by atoms with E-state index in [0.717, 1.165) is 52.4 Å². The van der Waals surface area contributed by atoms with Crippen LogP contribution in [0.15, 0.2) is 116 Å². The monoisotopic (exact) mass is 646 g/mol. The zero-order chi connectivity index (χ0) is 34.3. The lowest BCUT2D eigenvalue weighted by molar-refractivity contribution is 0.483. The molecule has 0 N–H and O–H groups in total. The summed E-state index contributed by atoms with van der Waals surface area (Å²) < 4.78 is 10.8. The Labute approximate surface area is 290 Å². The summed E-state index contributed by atoms with van der Waals surface area (Å²) in [6, 6.07) is 34.1. The fourth-order valence-electron chi connectivity index (χ4n) is 6.93. The third-order valence-corrected chi connectivity index (χ3v) is 9.17. The second kappa shape index (κ2) is 13.0. The standard InChI is InChI=1S/C44H46N4O/c1-29(2)22-31-12-10-13-32(23-30(3)4)43(31)33-27-46-47(28-33)35-14-11-15-36(25-35)49-37-18-19-39-38-16-8-9-17-40(38)48(41(39)26-37)42-24-34(20-21-45-42)44(5,6)7/h8-21,24-30H,22-23H2,1-7H3. The van der Waals surface area contributed by atoms with E-state index in [-0.39, 0.29) is 5.41 Å². The maximum Gasteiger partial charge on any atom is 0.137 e. The Kier molecular flexibility index (Phi) is 8.62. The van der Waals surface area contributed by atoms with Crippen LogP contribution in [0.3, 0.4) is 0 Å². The third-order valence-electron chi connectivity index (χ3n) is 9.17. The van der Waals surface area contributed by atoms with E-state index in [4.69, 9.17) is 14.8 Å². The number of para-hydroxylation sites is 1. The van der Waals surface area contributed by atoms with Gasteiger partial charge in [-0.3, -0.25) is 4.57 Å². The molecular formula is C44H46N4O. The highest BCUT2D eigenvalue weighted by molar-refractivity contribution is 6.09. The number of benzene rings is 4. The molecule has 0 fully saturated rings. The fourth-order valence-corrected chi connectivity index (χ4v) is 6.93. The number of fused-ring (bicyclic) bond motifs is 3. The highest BCUT2D eigenvalue weighted by Crippen LogP contribution is 2.36. The minimum Gasteiger partial charge on any atom is -0.457 e. The van der Waals surface area contributed by atoms with Crippen molar-refractivity contribution < 1.29 is 4.74 Å². The van der Waals surface area contributed by atoms with Crippen LogP contribution in [-0.4, -0.2) is 19.3 Å². The predicted molar refractivity (Wildman–Crippen MR) is 203 cm³/mol. The molecule has 5 nitrogen and oxygen atoms in total. The summed E-state index contributed by atoms with van der Waals surface area (Å²) in [5, 5.41) is 7.19. The Bertz CT molecular complexity index is 2240. The van der Waals surface area contributed by atoms with Crippen molar-refractivity contribution in [2.45, 2.75) is 66.7 Å². The van der Waals surface area contributed by atoms with E-state index in [1.165, 1.54) is 33.0 Å². The molecule has 0 bridgehead atoms. The van der Waals surface area contributed by atoms with Crippen molar-refractivity contribution in [3.05, 3.63) is 132 Å². The Balaban J connectivity index is 1.24. The minimum absolute atomic E-state index is 0.0128. The molecule has 248 valence electrons. The van der Waals surface area contributed by atoms with Crippen LogP contribution in [0.4, 0.5) is 0 Å². The summed E-state index contributed by atoms with van der Waals surface area (Å²) in [6.45, 7) is 15.8. The van der Waals surface area contributed by atoms with E-state index in [0.29, 0.717) is 11.8 Å². The van der Waals surface area contributed by atoms with Gasteiger partial charge in [-0.1, -0.05) is 90.9 Å². The lowest BCUT2D eigenvalue weighted by atomic mass is 9.88. The van der Waals surface area contributed by atoms with Crippen LogP contribution in [0.2, 0.25) is 0 Å². The SMILES string of the molecule is CC(C)Cc1cccc(CC(C)C)c1-c1cnn(-c2cccc(Oc3ccc4c5ccccc5n(-c5cc(C(C)(C)C)ccn5)c4c3)c2)c1. The molecule has 0 saturated heterocycles. The number of hydrogen-bond donors (Lipinski definition) is 0. The van der Waals surface area contributed by atoms with Crippen molar-refractivity contribution in [1.82, 2.24) is 19.3 Å². The second-order valence-electron chi connectivity index (χ2n) is 15.1. The van der Waals surface area contributed by atoms with E-state index >= 15 is 0 Å². The van der Waals surface area contributed by atoms with Crippen molar-refractivity contribution in [2.75, 3.05) is 0 Å². The van der Waals surface area contributed by atoms with Crippen LogP contribution < -0.4 is 4.74 Å². The molecule has 7 rings (SSSR count). The van der Waals surface area contributed by atoms with Crippen LogP contribution in [0, 0.1) is 11.8 Å². The summed E-state index contributed by atoms with van der Waals surface area (Å²) in [4.78, 5) is 4.83. The van der Waals surface area contributed by atoms with E-state index in [1.807, 2.05) is 29.2 Å². The number of pyridine rings is 1. The fraction of sp³-hybridized carbons (Fsp3) is 0.273.